The molecule has 0 fully saturated rings. The minimum Gasteiger partial charge on any atom is -1.00 e. The summed E-state index contributed by atoms with van der Waals surface area (Å²) in [6.07, 6.45) is 3.03. The van der Waals surface area contributed by atoms with Crippen molar-refractivity contribution in [3.05, 3.63) is 65.5 Å². The van der Waals surface area contributed by atoms with Crippen LogP contribution in [0.25, 0.3) is 0 Å². The van der Waals surface area contributed by atoms with Crippen molar-refractivity contribution >= 4 is 22.9 Å². The second kappa shape index (κ2) is 9.02. The highest BCUT2D eigenvalue weighted by molar-refractivity contribution is 6.67. The lowest BCUT2D eigenvalue weighted by atomic mass is 10.1. The maximum Gasteiger partial charge on any atom is 0.407 e. The molecule has 0 saturated carbocycles. The largest absolute Gasteiger partial charge is 1.00 e. The van der Waals surface area contributed by atoms with Crippen LogP contribution in [0.5, 0.6) is 0 Å². The molecule has 2 aromatic rings. The summed E-state index contributed by atoms with van der Waals surface area (Å²) in [5.41, 5.74) is 2.14. The Morgan fingerprint density at radius 1 is 1.14 bits per heavy atom. The van der Waals surface area contributed by atoms with Gasteiger partial charge in [0.15, 0.2) is 12.4 Å². The molecule has 0 aliphatic carbocycles. The van der Waals surface area contributed by atoms with Crippen LogP contribution in [-0.2, 0) is 17.9 Å². The Hall–Kier alpha value is -2.11. The Labute approximate surface area is 139 Å². The predicted octanol–water partition coefficient (Wildman–Crippen LogP) is -0.690. The molecular weight excluding hydrogens is 327 g/mol. The lowest BCUT2D eigenvalue weighted by Crippen LogP contribution is -3.00. The van der Waals surface area contributed by atoms with Gasteiger partial charge in [-0.15, -0.1) is 0 Å². The van der Waals surface area contributed by atoms with E-state index in [9.17, 15) is 9.59 Å². The Kier molecular flexibility index (Phi) is 7.36. The SMILES string of the molecule is O=C(NCc1ccc(C(=O)Cl)cc1)OCc1ccc[nH+]c1.[Cl-]. The standard InChI is InChI=1S/C15H13ClN2O3.ClH/c16-14(19)13-5-3-11(4-6-13)9-18-15(20)21-10-12-2-1-7-17-8-12;/h1-8H,9-10H2,(H,18,20);1H. The van der Waals surface area contributed by atoms with Gasteiger partial charge in [-0.1, -0.05) is 12.1 Å². The second-order valence-corrected chi connectivity index (χ2v) is 4.66. The van der Waals surface area contributed by atoms with Crippen molar-refractivity contribution in [1.82, 2.24) is 5.32 Å². The fourth-order valence-corrected chi connectivity index (χ4v) is 1.77. The number of aromatic nitrogens is 1. The van der Waals surface area contributed by atoms with Crippen LogP contribution in [0, 0.1) is 0 Å². The topological polar surface area (TPSA) is 69.5 Å². The van der Waals surface area contributed by atoms with Crippen LogP contribution in [0.4, 0.5) is 4.79 Å². The van der Waals surface area contributed by atoms with Crippen molar-refractivity contribution in [2.75, 3.05) is 0 Å². The second-order valence-electron chi connectivity index (χ2n) is 4.31. The smallest absolute Gasteiger partial charge is 0.407 e. The normalized spacial score (nSPS) is 9.50. The molecule has 1 heterocycles. The predicted molar refractivity (Wildman–Crippen MR) is 76.6 cm³/mol. The first-order chi connectivity index (χ1) is 10.1. The van der Waals surface area contributed by atoms with E-state index < -0.39 is 11.3 Å². The summed E-state index contributed by atoms with van der Waals surface area (Å²) in [5.74, 6) is 0. The molecular formula is C15H14Cl2N2O3. The molecule has 0 atom stereocenters. The average Bonchev–Trinajstić information content (AvgIpc) is 2.52. The molecule has 0 aliphatic heterocycles. The summed E-state index contributed by atoms with van der Waals surface area (Å²) in [6.45, 7) is 0.513. The number of nitrogens with one attached hydrogen (secondary N) is 2. The van der Waals surface area contributed by atoms with Crippen molar-refractivity contribution in [3.63, 3.8) is 0 Å². The number of carbonyl (C=O) groups excluding carboxylic acids is 2. The zero-order chi connectivity index (χ0) is 15.1. The molecule has 1 amide bonds. The van der Waals surface area contributed by atoms with E-state index in [1.807, 2.05) is 12.1 Å². The Bertz CT molecular complexity index is 618. The van der Waals surface area contributed by atoms with Gasteiger partial charge in [0.05, 0.1) is 5.56 Å². The van der Waals surface area contributed by atoms with E-state index in [0.717, 1.165) is 11.1 Å². The number of hydrogen-bond donors (Lipinski definition) is 1. The fourth-order valence-electron chi connectivity index (χ4n) is 1.65. The van der Waals surface area contributed by atoms with Gasteiger partial charge in [0.1, 0.15) is 6.61 Å². The minimum atomic E-state index is -0.506. The highest BCUT2D eigenvalue weighted by atomic mass is 35.5. The number of carbonyl (C=O) groups is 2. The van der Waals surface area contributed by atoms with Gasteiger partial charge in [0.25, 0.3) is 5.24 Å². The third-order valence-electron chi connectivity index (χ3n) is 2.76. The molecule has 0 unspecified atom stereocenters. The van der Waals surface area contributed by atoms with Crippen LogP contribution in [0.1, 0.15) is 21.5 Å². The zero-order valence-electron chi connectivity index (χ0n) is 11.5. The molecule has 1 aromatic carbocycles. The molecule has 0 aliphatic rings. The Morgan fingerprint density at radius 2 is 1.86 bits per heavy atom. The van der Waals surface area contributed by atoms with Gasteiger partial charge < -0.3 is 22.5 Å². The minimum absolute atomic E-state index is 0. The quantitative estimate of drug-likeness (QED) is 0.732. The van der Waals surface area contributed by atoms with Crippen LogP contribution in [-0.4, -0.2) is 11.3 Å². The van der Waals surface area contributed by atoms with Crippen molar-refractivity contribution in [3.8, 4) is 0 Å². The lowest BCUT2D eigenvalue weighted by Gasteiger charge is -2.06. The van der Waals surface area contributed by atoms with Gasteiger partial charge in [0, 0.05) is 18.2 Å². The van der Waals surface area contributed by atoms with E-state index in [1.165, 1.54) is 0 Å². The highest BCUT2D eigenvalue weighted by Gasteiger charge is 2.05. The number of benzene rings is 1. The molecule has 0 bridgehead atoms. The summed E-state index contributed by atoms with van der Waals surface area (Å²) in [7, 11) is 0. The number of pyridine rings is 1. The maximum absolute atomic E-state index is 11.5. The van der Waals surface area contributed by atoms with Crippen molar-refractivity contribution < 1.29 is 31.7 Å². The Balaban J connectivity index is 0.00000242. The molecule has 0 radical (unpaired) electrons. The molecule has 1 aromatic heterocycles. The van der Waals surface area contributed by atoms with Crippen LogP contribution in [0.15, 0.2) is 48.8 Å². The van der Waals surface area contributed by atoms with E-state index in [1.54, 1.807) is 36.7 Å². The Morgan fingerprint density at radius 3 is 2.45 bits per heavy atom. The number of halogens is 2. The molecule has 0 saturated heterocycles. The number of alkyl carbamates (subject to hydrolysis) is 1. The van der Waals surface area contributed by atoms with E-state index in [-0.39, 0.29) is 19.0 Å². The number of ether oxygens (including phenoxy) is 1. The third kappa shape index (κ3) is 5.71. The van der Waals surface area contributed by atoms with E-state index in [4.69, 9.17) is 16.3 Å². The summed E-state index contributed by atoms with van der Waals surface area (Å²) < 4.78 is 5.07. The third-order valence-corrected chi connectivity index (χ3v) is 2.98. The first-order valence-corrected chi connectivity index (χ1v) is 6.67. The number of aromatic amines is 1. The maximum atomic E-state index is 11.5. The lowest BCUT2D eigenvalue weighted by molar-refractivity contribution is -0.379. The summed E-state index contributed by atoms with van der Waals surface area (Å²) in [4.78, 5) is 25.4. The van der Waals surface area contributed by atoms with Gasteiger partial charge in [-0.3, -0.25) is 4.79 Å². The number of H-pyrrole nitrogens is 1. The first kappa shape index (κ1) is 17.9. The van der Waals surface area contributed by atoms with Crippen molar-refractivity contribution in [2.24, 2.45) is 0 Å². The van der Waals surface area contributed by atoms with Crippen LogP contribution >= 0.6 is 11.6 Å². The number of rotatable bonds is 5. The molecule has 116 valence electrons. The first-order valence-electron chi connectivity index (χ1n) is 6.29. The molecule has 2 N–H and O–H groups in total. The van der Waals surface area contributed by atoms with E-state index in [0.29, 0.717) is 12.1 Å². The van der Waals surface area contributed by atoms with Crippen LogP contribution in [0.2, 0.25) is 0 Å². The van der Waals surface area contributed by atoms with E-state index in [2.05, 4.69) is 10.3 Å². The summed E-state index contributed by atoms with van der Waals surface area (Å²) in [5, 5.41) is 2.12. The zero-order valence-corrected chi connectivity index (χ0v) is 13.0. The van der Waals surface area contributed by atoms with Crippen LogP contribution in [0.3, 0.4) is 0 Å². The number of amides is 1. The van der Waals surface area contributed by atoms with Gasteiger partial charge in [-0.25, -0.2) is 9.78 Å². The van der Waals surface area contributed by atoms with Gasteiger partial charge in [0.2, 0.25) is 0 Å². The van der Waals surface area contributed by atoms with Crippen LogP contribution < -0.4 is 22.7 Å². The highest BCUT2D eigenvalue weighted by Crippen LogP contribution is 2.07. The summed E-state index contributed by atoms with van der Waals surface area (Å²) >= 11 is 5.35. The fraction of sp³-hybridized carbons (Fsp3) is 0.133. The van der Waals surface area contributed by atoms with E-state index >= 15 is 0 Å². The summed E-state index contributed by atoms with van der Waals surface area (Å²) in [6, 6.07) is 10.3. The number of hydrogen-bond acceptors (Lipinski definition) is 3. The van der Waals surface area contributed by atoms with Gasteiger partial charge in [-0.2, -0.15) is 0 Å². The average molecular weight is 341 g/mol. The van der Waals surface area contributed by atoms with Gasteiger partial charge in [-0.05, 0) is 35.4 Å². The molecule has 2 rings (SSSR count). The molecule has 22 heavy (non-hydrogen) atoms. The molecule has 0 spiro atoms. The monoisotopic (exact) mass is 340 g/mol. The van der Waals surface area contributed by atoms with Crippen molar-refractivity contribution in [2.45, 2.75) is 13.2 Å². The van der Waals surface area contributed by atoms with Crippen molar-refractivity contribution in [1.29, 1.82) is 0 Å². The molecule has 7 heteroatoms. The van der Waals surface area contributed by atoms with Gasteiger partial charge >= 0.3 is 6.09 Å². The molecule has 5 nitrogen and oxygen atoms in total.